The van der Waals surface area contributed by atoms with E-state index >= 15 is 0 Å². The molecule has 1 saturated carbocycles. The summed E-state index contributed by atoms with van der Waals surface area (Å²) < 4.78 is 6.06. The van der Waals surface area contributed by atoms with Gasteiger partial charge in [0.05, 0.1) is 0 Å². The van der Waals surface area contributed by atoms with Gasteiger partial charge in [0, 0.05) is 38.6 Å². The van der Waals surface area contributed by atoms with Gasteiger partial charge in [0.25, 0.3) is 0 Å². The first-order chi connectivity index (χ1) is 9.38. The minimum Gasteiger partial charge on any atom is -0.488 e. The molecule has 2 unspecified atom stereocenters. The molecule has 2 heterocycles. The van der Waals surface area contributed by atoms with Crippen LogP contribution in [0.15, 0.2) is 24.3 Å². The molecule has 0 spiro atoms. The zero-order valence-electron chi connectivity index (χ0n) is 11.3. The zero-order valence-corrected chi connectivity index (χ0v) is 11.3. The maximum Gasteiger partial charge on any atom is 0.123 e. The van der Waals surface area contributed by atoms with Crippen LogP contribution in [0.1, 0.15) is 18.4 Å². The highest BCUT2D eigenvalue weighted by Gasteiger charge is 2.35. The lowest BCUT2D eigenvalue weighted by atomic mass is 10.1. The molecule has 3 aliphatic rings. The minimum absolute atomic E-state index is 0.357. The van der Waals surface area contributed by atoms with Gasteiger partial charge < -0.3 is 10.1 Å². The van der Waals surface area contributed by atoms with Crippen LogP contribution >= 0.6 is 0 Å². The Labute approximate surface area is 114 Å². The van der Waals surface area contributed by atoms with E-state index in [1.165, 1.54) is 31.5 Å². The van der Waals surface area contributed by atoms with Gasteiger partial charge in [0.15, 0.2) is 0 Å². The summed E-state index contributed by atoms with van der Waals surface area (Å²) >= 11 is 0. The molecule has 1 aliphatic carbocycles. The predicted molar refractivity (Wildman–Crippen MR) is 75.5 cm³/mol. The monoisotopic (exact) mass is 258 g/mol. The van der Waals surface area contributed by atoms with E-state index in [9.17, 15) is 0 Å². The molecular formula is C16H22N2O. The first-order valence-corrected chi connectivity index (χ1v) is 7.59. The first kappa shape index (κ1) is 11.7. The third-order valence-corrected chi connectivity index (χ3v) is 4.66. The number of rotatable bonds is 3. The van der Waals surface area contributed by atoms with Crippen LogP contribution in [0, 0.1) is 5.92 Å². The molecular weight excluding hydrogens is 236 g/mol. The molecule has 1 N–H and O–H groups in total. The Hall–Kier alpha value is -1.06. The van der Waals surface area contributed by atoms with Gasteiger partial charge in [-0.05, 0) is 30.4 Å². The number of benzene rings is 1. The van der Waals surface area contributed by atoms with Crippen LogP contribution in [0.2, 0.25) is 0 Å². The lowest BCUT2D eigenvalue weighted by Crippen LogP contribution is -2.53. The molecule has 1 aromatic rings. The van der Waals surface area contributed by atoms with Crippen molar-refractivity contribution in [3.63, 3.8) is 0 Å². The Morgan fingerprint density at radius 2 is 2.16 bits per heavy atom. The Morgan fingerprint density at radius 1 is 1.26 bits per heavy atom. The van der Waals surface area contributed by atoms with Gasteiger partial charge >= 0.3 is 0 Å². The molecule has 3 heteroatoms. The van der Waals surface area contributed by atoms with Gasteiger partial charge in [0.2, 0.25) is 0 Å². The summed E-state index contributed by atoms with van der Waals surface area (Å²) in [7, 11) is 0. The second kappa shape index (κ2) is 4.80. The van der Waals surface area contributed by atoms with Gasteiger partial charge in [0.1, 0.15) is 11.9 Å². The SMILES string of the molecule is c1ccc2c(c1)CC(CN1CCNC(C3CC3)C1)O2. The average Bonchev–Trinajstić information content (AvgIpc) is 3.20. The van der Waals surface area contributed by atoms with E-state index in [4.69, 9.17) is 4.74 Å². The molecule has 0 radical (unpaired) electrons. The average molecular weight is 258 g/mol. The van der Waals surface area contributed by atoms with Crippen LogP contribution in [0.25, 0.3) is 0 Å². The molecule has 4 rings (SSSR count). The van der Waals surface area contributed by atoms with Crippen molar-refractivity contribution in [1.29, 1.82) is 0 Å². The number of ether oxygens (including phenoxy) is 1. The van der Waals surface area contributed by atoms with Crippen molar-refractivity contribution in [2.75, 3.05) is 26.2 Å². The second-order valence-corrected chi connectivity index (χ2v) is 6.21. The van der Waals surface area contributed by atoms with Crippen LogP contribution in [-0.4, -0.2) is 43.2 Å². The number of hydrogen-bond acceptors (Lipinski definition) is 3. The quantitative estimate of drug-likeness (QED) is 0.892. The van der Waals surface area contributed by atoms with Crippen LogP contribution < -0.4 is 10.1 Å². The maximum absolute atomic E-state index is 6.06. The third-order valence-electron chi connectivity index (χ3n) is 4.66. The number of hydrogen-bond donors (Lipinski definition) is 1. The van der Waals surface area contributed by atoms with Gasteiger partial charge in [-0.25, -0.2) is 0 Å². The molecule has 1 saturated heterocycles. The van der Waals surface area contributed by atoms with E-state index in [1.807, 2.05) is 0 Å². The van der Waals surface area contributed by atoms with Crippen LogP contribution in [0.3, 0.4) is 0 Å². The summed E-state index contributed by atoms with van der Waals surface area (Å²) in [5.74, 6) is 2.05. The predicted octanol–water partition coefficient (Wildman–Crippen LogP) is 1.67. The van der Waals surface area contributed by atoms with Crippen molar-refractivity contribution in [1.82, 2.24) is 10.2 Å². The number of para-hydroxylation sites is 1. The number of nitrogens with zero attached hydrogens (tertiary/aromatic N) is 1. The molecule has 19 heavy (non-hydrogen) atoms. The van der Waals surface area contributed by atoms with Crippen molar-refractivity contribution in [2.45, 2.75) is 31.4 Å². The third kappa shape index (κ3) is 2.49. The highest BCUT2D eigenvalue weighted by Crippen LogP contribution is 2.34. The summed E-state index contributed by atoms with van der Waals surface area (Å²) in [6, 6.07) is 9.20. The Morgan fingerprint density at radius 3 is 3.00 bits per heavy atom. The fraction of sp³-hybridized carbons (Fsp3) is 0.625. The van der Waals surface area contributed by atoms with Crippen molar-refractivity contribution < 1.29 is 4.74 Å². The van der Waals surface area contributed by atoms with E-state index < -0.39 is 0 Å². The standard InChI is InChI=1S/C16H22N2O/c1-2-4-16-13(3-1)9-14(19-16)10-18-8-7-17-15(11-18)12-5-6-12/h1-4,12,14-15,17H,5-11H2. The van der Waals surface area contributed by atoms with Crippen molar-refractivity contribution in [2.24, 2.45) is 5.92 Å². The normalized spacial score (nSPS) is 30.9. The molecule has 1 aromatic carbocycles. The van der Waals surface area contributed by atoms with E-state index in [2.05, 4.69) is 34.5 Å². The van der Waals surface area contributed by atoms with Crippen molar-refractivity contribution in [3.05, 3.63) is 29.8 Å². The molecule has 2 fully saturated rings. The number of fused-ring (bicyclic) bond motifs is 1. The summed E-state index contributed by atoms with van der Waals surface area (Å²) in [4.78, 5) is 2.59. The highest BCUT2D eigenvalue weighted by atomic mass is 16.5. The van der Waals surface area contributed by atoms with E-state index in [1.54, 1.807) is 0 Å². The van der Waals surface area contributed by atoms with Crippen molar-refractivity contribution >= 4 is 0 Å². The maximum atomic E-state index is 6.06. The van der Waals surface area contributed by atoms with Crippen LogP contribution in [-0.2, 0) is 6.42 Å². The van der Waals surface area contributed by atoms with Gasteiger partial charge in [-0.2, -0.15) is 0 Å². The van der Waals surface area contributed by atoms with E-state index in [0.717, 1.165) is 37.2 Å². The largest absolute Gasteiger partial charge is 0.488 e. The summed E-state index contributed by atoms with van der Waals surface area (Å²) in [6.45, 7) is 4.60. The lowest BCUT2D eigenvalue weighted by molar-refractivity contribution is 0.119. The van der Waals surface area contributed by atoms with E-state index in [-0.39, 0.29) is 0 Å². The lowest BCUT2D eigenvalue weighted by Gasteiger charge is -2.35. The molecule has 102 valence electrons. The number of nitrogens with one attached hydrogen (secondary N) is 1. The summed E-state index contributed by atoms with van der Waals surface area (Å²) in [5.41, 5.74) is 1.38. The Bertz CT molecular complexity index is 433. The van der Waals surface area contributed by atoms with Gasteiger partial charge in [-0.1, -0.05) is 18.2 Å². The molecule has 2 aliphatic heterocycles. The van der Waals surface area contributed by atoms with Gasteiger partial charge in [-0.15, -0.1) is 0 Å². The first-order valence-electron chi connectivity index (χ1n) is 7.59. The Kier molecular flexibility index (Phi) is 2.97. The topological polar surface area (TPSA) is 24.5 Å². The molecule has 3 nitrogen and oxygen atoms in total. The molecule has 0 amide bonds. The molecule has 0 bridgehead atoms. The van der Waals surface area contributed by atoms with Crippen molar-refractivity contribution in [3.8, 4) is 5.75 Å². The molecule has 2 atom stereocenters. The second-order valence-electron chi connectivity index (χ2n) is 6.21. The minimum atomic E-state index is 0.357. The summed E-state index contributed by atoms with van der Waals surface area (Å²) in [6.07, 6.45) is 4.29. The van der Waals surface area contributed by atoms with E-state index in [0.29, 0.717) is 6.10 Å². The summed E-state index contributed by atoms with van der Waals surface area (Å²) in [5, 5.41) is 3.67. The fourth-order valence-corrected chi connectivity index (χ4v) is 3.47. The zero-order chi connectivity index (χ0) is 12.7. The fourth-order valence-electron chi connectivity index (χ4n) is 3.47. The van der Waals surface area contributed by atoms with Crippen LogP contribution in [0.4, 0.5) is 0 Å². The van der Waals surface area contributed by atoms with Gasteiger partial charge in [-0.3, -0.25) is 4.90 Å². The van der Waals surface area contributed by atoms with Crippen LogP contribution in [0.5, 0.6) is 5.75 Å². The highest BCUT2D eigenvalue weighted by molar-refractivity contribution is 5.37. The Balaban J connectivity index is 1.35. The molecule has 0 aromatic heterocycles. The smallest absolute Gasteiger partial charge is 0.123 e. The number of piperazine rings is 1.